The van der Waals surface area contributed by atoms with Crippen LogP contribution in [0, 0.1) is 0 Å². The summed E-state index contributed by atoms with van der Waals surface area (Å²) in [5, 5.41) is 0. The van der Waals surface area contributed by atoms with Crippen LogP contribution in [0.2, 0.25) is 0 Å². The normalized spacial score (nSPS) is 9.62. The highest BCUT2D eigenvalue weighted by Crippen LogP contribution is 2.03. The van der Waals surface area contributed by atoms with Gasteiger partial charge in [0.2, 0.25) is 0 Å². The van der Waals surface area contributed by atoms with Crippen molar-refractivity contribution >= 4 is 18.6 Å². The number of aromatic nitrogens is 1. The van der Waals surface area contributed by atoms with Crippen LogP contribution in [0.5, 0.6) is 0 Å². The number of anilines is 1. The minimum absolute atomic E-state index is 0.203. The summed E-state index contributed by atoms with van der Waals surface area (Å²) in [4.78, 5) is 3.76. The summed E-state index contributed by atoms with van der Waals surface area (Å²) in [5.74, 6) is 0.570. The van der Waals surface area contributed by atoms with Gasteiger partial charge in [-0.15, -0.1) is 0 Å². The van der Waals surface area contributed by atoms with E-state index < -0.39 is 0 Å². The summed E-state index contributed by atoms with van der Waals surface area (Å²) >= 11 is 3.95. The van der Waals surface area contributed by atoms with Crippen LogP contribution in [0.4, 0.5) is 6.01 Å². The first-order valence-electron chi connectivity index (χ1n) is 2.13. The van der Waals surface area contributed by atoms with Crippen molar-refractivity contribution in [1.29, 1.82) is 0 Å². The molecular formula is C4H6N2OS. The molecule has 0 radical (unpaired) electrons. The van der Waals surface area contributed by atoms with E-state index in [1.54, 1.807) is 0 Å². The van der Waals surface area contributed by atoms with E-state index in [9.17, 15) is 0 Å². The minimum atomic E-state index is 0.203. The molecule has 1 heterocycles. The van der Waals surface area contributed by atoms with Gasteiger partial charge in [0.05, 0.1) is 5.69 Å². The monoisotopic (exact) mass is 130 g/mol. The van der Waals surface area contributed by atoms with Gasteiger partial charge in [0.1, 0.15) is 6.26 Å². The molecule has 1 aromatic heterocycles. The molecule has 0 saturated heterocycles. The first kappa shape index (κ1) is 5.50. The fourth-order valence-electron chi connectivity index (χ4n) is 0.395. The Labute approximate surface area is 52.3 Å². The summed E-state index contributed by atoms with van der Waals surface area (Å²) in [6, 6.07) is 0.203. The SMILES string of the molecule is Nc1nc(CS)co1. The van der Waals surface area contributed by atoms with E-state index in [1.165, 1.54) is 6.26 Å². The smallest absolute Gasteiger partial charge is 0.292 e. The molecule has 0 fully saturated rings. The zero-order valence-corrected chi connectivity index (χ0v) is 5.06. The second-order valence-corrected chi connectivity index (χ2v) is 1.65. The predicted molar refractivity (Wildman–Crippen MR) is 33.6 cm³/mol. The van der Waals surface area contributed by atoms with Crippen molar-refractivity contribution in [2.45, 2.75) is 5.75 Å². The van der Waals surface area contributed by atoms with Gasteiger partial charge in [0, 0.05) is 5.75 Å². The molecule has 4 heteroatoms. The van der Waals surface area contributed by atoms with E-state index in [4.69, 9.17) is 5.73 Å². The molecule has 3 nitrogen and oxygen atoms in total. The quantitative estimate of drug-likeness (QED) is 0.550. The zero-order valence-electron chi connectivity index (χ0n) is 4.16. The van der Waals surface area contributed by atoms with Crippen molar-refractivity contribution in [2.24, 2.45) is 0 Å². The van der Waals surface area contributed by atoms with E-state index >= 15 is 0 Å². The Bertz CT molecular complexity index is 174. The topological polar surface area (TPSA) is 52.0 Å². The molecular weight excluding hydrogens is 124 g/mol. The van der Waals surface area contributed by atoms with Crippen molar-refractivity contribution in [3.8, 4) is 0 Å². The van der Waals surface area contributed by atoms with Gasteiger partial charge in [0.15, 0.2) is 0 Å². The van der Waals surface area contributed by atoms with E-state index in [2.05, 4.69) is 22.0 Å². The number of hydrogen-bond acceptors (Lipinski definition) is 4. The van der Waals surface area contributed by atoms with Gasteiger partial charge in [-0.25, -0.2) is 0 Å². The van der Waals surface area contributed by atoms with Gasteiger partial charge in [-0.2, -0.15) is 17.6 Å². The van der Waals surface area contributed by atoms with Crippen LogP contribution in [0.25, 0.3) is 0 Å². The summed E-state index contributed by atoms with van der Waals surface area (Å²) in [5.41, 5.74) is 5.91. The molecule has 0 aromatic carbocycles. The average molecular weight is 130 g/mol. The molecule has 0 aliphatic rings. The Morgan fingerprint density at radius 2 is 2.62 bits per heavy atom. The molecule has 1 aromatic rings. The molecule has 0 spiro atoms. The van der Waals surface area contributed by atoms with Crippen LogP contribution in [0.3, 0.4) is 0 Å². The standard InChI is InChI=1S/C4H6N2OS/c5-4-6-3(2-8)1-7-4/h1,8H,2H2,(H2,5,6). The molecule has 8 heavy (non-hydrogen) atoms. The maximum Gasteiger partial charge on any atom is 0.292 e. The fraction of sp³-hybridized carbons (Fsp3) is 0.250. The van der Waals surface area contributed by atoms with E-state index in [0.717, 1.165) is 5.69 Å². The van der Waals surface area contributed by atoms with Crippen molar-refractivity contribution in [1.82, 2.24) is 4.98 Å². The predicted octanol–water partition coefficient (Wildman–Crippen LogP) is 0.687. The minimum Gasteiger partial charge on any atom is -0.432 e. The second-order valence-electron chi connectivity index (χ2n) is 1.34. The van der Waals surface area contributed by atoms with E-state index in [1.807, 2.05) is 0 Å². The number of hydrogen-bond donors (Lipinski definition) is 2. The first-order chi connectivity index (χ1) is 3.83. The third-order valence-corrected chi connectivity index (χ3v) is 1.06. The van der Waals surface area contributed by atoms with Gasteiger partial charge in [-0.3, -0.25) is 0 Å². The third-order valence-electron chi connectivity index (χ3n) is 0.732. The Balaban J connectivity index is 2.84. The zero-order chi connectivity index (χ0) is 5.98. The number of nitrogen functional groups attached to an aromatic ring is 1. The van der Waals surface area contributed by atoms with Crippen molar-refractivity contribution in [2.75, 3.05) is 5.73 Å². The maximum atomic E-state index is 5.14. The van der Waals surface area contributed by atoms with E-state index in [-0.39, 0.29) is 6.01 Å². The van der Waals surface area contributed by atoms with Gasteiger partial charge in [-0.1, -0.05) is 0 Å². The molecule has 0 amide bonds. The molecule has 0 unspecified atom stereocenters. The van der Waals surface area contributed by atoms with Crippen molar-refractivity contribution < 1.29 is 4.42 Å². The van der Waals surface area contributed by atoms with Gasteiger partial charge in [0.25, 0.3) is 6.01 Å². The lowest BCUT2D eigenvalue weighted by molar-refractivity contribution is 0.579. The highest BCUT2D eigenvalue weighted by atomic mass is 32.1. The van der Waals surface area contributed by atoms with Crippen LogP contribution in [0.15, 0.2) is 10.7 Å². The summed E-state index contributed by atoms with van der Waals surface area (Å²) in [6.07, 6.45) is 1.49. The molecule has 2 N–H and O–H groups in total. The number of nitrogens with zero attached hydrogens (tertiary/aromatic N) is 1. The summed E-state index contributed by atoms with van der Waals surface area (Å²) in [6.45, 7) is 0. The third kappa shape index (κ3) is 0.949. The Kier molecular flexibility index (Phi) is 1.43. The van der Waals surface area contributed by atoms with Crippen LogP contribution in [-0.4, -0.2) is 4.98 Å². The second kappa shape index (κ2) is 2.09. The molecule has 0 bridgehead atoms. The highest BCUT2D eigenvalue weighted by molar-refractivity contribution is 7.79. The summed E-state index contributed by atoms with van der Waals surface area (Å²) < 4.78 is 4.67. The average Bonchev–Trinajstić information content (AvgIpc) is 2.14. The van der Waals surface area contributed by atoms with Gasteiger partial charge < -0.3 is 10.2 Å². The van der Waals surface area contributed by atoms with Crippen LogP contribution in [0.1, 0.15) is 5.69 Å². The van der Waals surface area contributed by atoms with E-state index in [0.29, 0.717) is 5.75 Å². The lowest BCUT2D eigenvalue weighted by atomic mass is 10.6. The van der Waals surface area contributed by atoms with Gasteiger partial charge in [-0.05, 0) is 0 Å². The van der Waals surface area contributed by atoms with Crippen molar-refractivity contribution in [3.05, 3.63) is 12.0 Å². The largest absolute Gasteiger partial charge is 0.432 e. The molecule has 0 atom stereocenters. The van der Waals surface area contributed by atoms with Crippen LogP contribution >= 0.6 is 12.6 Å². The van der Waals surface area contributed by atoms with Crippen LogP contribution < -0.4 is 5.73 Å². The lowest BCUT2D eigenvalue weighted by Crippen LogP contribution is -1.83. The molecule has 44 valence electrons. The summed E-state index contributed by atoms with van der Waals surface area (Å²) in [7, 11) is 0. The number of thiol groups is 1. The first-order valence-corrected chi connectivity index (χ1v) is 2.77. The Morgan fingerprint density at radius 3 is 2.88 bits per heavy atom. The Morgan fingerprint density at radius 1 is 1.88 bits per heavy atom. The fourth-order valence-corrected chi connectivity index (χ4v) is 0.541. The number of oxazole rings is 1. The molecule has 0 aliphatic carbocycles. The Hall–Kier alpha value is -0.640. The highest BCUT2D eigenvalue weighted by Gasteiger charge is 1.94. The number of nitrogens with two attached hydrogens (primary N) is 1. The van der Waals surface area contributed by atoms with Crippen LogP contribution in [-0.2, 0) is 5.75 Å². The van der Waals surface area contributed by atoms with Gasteiger partial charge >= 0.3 is 0 Å². The molecule has 0 aliphatic heterocycles. The van der Waals surface area contributed by atoms with Crippen molar-refractivity contribution in [3.63, 3.8) is 0 Å². The molecule has 0 saturated carbocycles. The maximum absolute atomic E-state index is 5.14. The molecule has 1 rings (SSSR count). The number of rotatable bonds is 1. The lowest BCUT2D eigenvalue weighted by Gasteiger charge is -1.76.